The summed E-state index contributed by atoms with van der Waals surface area (Å²) in [5, 5.41) is 0. The minimum atomic E-state index is 0.158. The van der Waals surface area contributed by atoms with Crippen molar-refractivity contribution in [3.8, 4) is 0 Å². The van der Waals surface area contributed by atoms with Gasteiger partial charge in [-0.05, 0) is 39.0 Å². The normalized spacial score (nSPS) is 24.4. The second-order valence-corrected chi connectivity index (χ2v) is 5.52. The van der Waals surface area contributed by atoms with Crippen molar-refractivity contribution >= 4 is 11.8 Å². The van der Waals surface area contributed by atoms with E-state index in [1.54, 1.807) is 0 Å². The van der Waals surface area contributed by atoms with E-state index < -0.39 is 0 Å². The summed E-state index contributed by atoms with van der Waals surface area (Å²) in [5.41, 5.74) is 0. The summed E-state index contributed by atoms with van der Waals surface area (Å²) < 4.78 is 0. The second kappa shape index (κ2) is 6.21. The molecule has 1 atom stereocenters. The Balaban J connectivity index is 1.73. The van der Waals surface area contributed by atoms with Crippen molar-refractivity contribution in [2.45, 2.75) is 57.9 Å². The largest absolute Gasteiger partial charge is 0.343 e. The van der Waals surface area contributed by atoms with Gasteiger partial charge in [-0.3, -0.25) is 9.59 Å². The fraction of sp³-hybridized carbons (Fsp3) is 0.857. The molecule has 2 amide bonds. The zero-order chi connectivity index (χ0) is 13.0. The van der Waals surface area contributed by atoms with Gasteiger partial charge in [-0.1, -0.05) is 0 Å². The lowest BCUT2D eigenvalue weighted by molar-refractivity contribution is -0.137. The maximum absolute atomic E-state index is 12.0. The third-order valence-electron chi connectivity index (χ3n) is 4.13. The number of piperidine rings is 1. The van der Waals surface area contributed by atoms with Crippen LogP contribution in [0.3, 0.4) is 0 Å². The van der Waals surface area contributed by atoms with Crippen LogP contribution in [0, 0.1) is 0 Å². The average molecular weight is 252 g/mol. The Labute approximate surface area is 109 Å². The summed E-state index contributed by atoms with van der Waals surface area (Å²) in [6, 6.07) is 0.364. The summed E-state index contributed by atoms with van der Waals surface area (Å²) >= 11 is 0. The van der Waals surface area contributed by atoms with Gasteiger partial charge in [-0.2, -0.15) is 0 Å². The lowest BCUT2D eigenvalue weighted by Crippen LogP contribution is -2.37. The van der Waals surface area contributed by atoms with Crippen LogP contribution in [0.15, 0.2) is 0 Å². The first-order chi connectivity index (χ1) is 8.68. The molecule has 4 nitrogen and oxygen atoms in total. The molecule has 2 aliphatic heterocycles. The van der Waals surface area contributed by atoms with E-state index in [0.717, 1.165) is 45.3 Å². The molecule has 0 bridgehead atoms. The summed E-state index contributed by atoms with van der Waals surface area (Å²) in [6.45, 7) is 4.73. The Hall–Kier alpha value is -1.06. The van der Waals surface area contributed by atoms with Crippen LogP contribution in [0.5, 0.6) is 0 Å². The van der Waals surface area contributed by atoms with Crippen LogP contribution >= 0.6 is 0 Å². The molecule has 0 aromatic carbocycles. The molecule has 2 saturated heterocycles. The highest BCUT2D eigenvalue weighted by Crippen LogP contribution is 2.18. The number of carbonyl (C=O) groups excluding carboxylic acids is 2. The Kier molecular flexibility index (Phi) is 4.61. The number of rotatable bonds is 3. The van der Waals surface area contributed by atoms with Crippen LogP contribution in [0.2, 0.25) is 0 Å². The Morgan fingerprint density at radius 1 is 0.944 bits per heavy atom. The molecule has 2 fully saturated rings. The van der Waals surface area contributed by atoms with Crippen LogP contribution in [0.4, 0.5) is 0 Å². The third-order valence-corrected chi connectivity index (χ3v) is 4.13. The molecule has 0 radical (unpaired) electrons. The molecule has 2 rings (SSSR count). The molecular formula is C14H24N2O2. The first-order valence-corrected chi connectivity index (χ1v) is 7.26. The standard InChI is InChI=1S/C14H24N2O2/c1-12-6-5-11-16(12)14(18)8-7-13(17)15-9-3-2-4-10-15/h12H,2-11H2,1H3. The zero-order valence-electron chi connectivity index (χ0n) is 11.4. The molecule has 0 aliphatic carbocycles. The predicted molar refractivity (Wildman–Crippen MR) is 70.1 cm³/mol. The van der Waals surface area contributed by atoms with Gasteiger partial charge in [0.1, 0.15) is 0 Å². The van der Waals surface area contributed by atoms with Crippen LogP contribution in [-0.4, -0.2) is 47.3 Å². The van der Waals surface area contributed by atoms with Crippen molar-refractivity contribution in [3.05, 3.63) is 0 Å². The molecule has 2 heterocycles. The Bertz CT molecular complexity index is 311. The maximum Gasteiger partial charge on any atom is 0.223 e. The van der Waals surface area contributed by atoms with Crippen LogP contribution in [0.1, 0.15) is 51.9 Å². The Morgan fingerprint density at radius 2 is 1.61 bits per heavy atom. The molecule has 0 aromatic heterocycles. The molecule has 18 heavy (non-hydrogen) atoms. The second-order valence-electron chi connectivity index (χ2n) is 5.52. The topological polar surface area (TPSA) is 40.6 Å². The summed E-state index contributed by atoms with van der Waals surface area (Å²) in [4.78, 5) is 27.8. The van der Waals surface area contributed by atoms with Crippen molar-refractivity contribution in [2.24, 2.45) is 0 Å². The minimum absolute atomic E-state index is 0.158. The highest BCUT2D eigenvalue weighted by Gasteiger charge is 2.25. The van der Waals surface area contributed by atoms with E-state index >= 15 is 0 Å². The van der Waals surface area contributed by atoms with Crippen molar-refractivity contribution < 1.29 is 9.59 Å². The van der Waals surface area contributed by atoms with Gasteiger partial charge in [0.25, 0.3) is 0 Å². The molecule has 2 aliphatic rings. The number of hydrogen-bond donors (Lipinski definition) is 0. The van der Waals surface area contributed by atoms with Gasteiger partial charge in [0.2, 0.25) is 11.8 Å². The SMILES string of the molecule is CC1CCCN1C(=O)CCC(=O)N1CCCCC1. The summed E-state index contributed by atoms with van der Waals surface area (Å²) in [6.07, 6.45) is 6.44. The van der Waals surface area contributed by atoms with Gasteiger partial charge < -0.3 is 9.80 Å². The monoisotopic (exact) mass is 252 g/mol. The van der Waals surface area contributed by atoms with Crippen LogP contribution in [-0.2, 0) is 9.59 Å². The molecule has 0 saturated carbocycles. The van der Waals surface area contributed by atoms with Crippen molar-refractivity contribution in [1.29, 1.82) is 0 Å². The van der Waals surface area contributed by atoms with E-state index in [0.29, 0.717) is 18.9 Å². The highest BCUT2D eigenvalue weighted by atomic mass is 16.2. The third kappa shape index (κ3) is 3.24. The van der Waals surface area contributed by atoms with Gasteiger partial charge in [0, 0.05) is 38.5 Å². The average Bonchev–Trinajstić information content (AvgIpc) is 2.83. The van der Waals surface area contributed by atoms with E-state index in [-0.39, 0.29) is 11.8 Å². The molecule has 0 spiro atoms. The van der Waals surface area contributed by atoms with Crippen molar-refractivity contribution in [2.75, 3.05) is 19.6 Å². The van der Waals surface area contributed by atoms with E-state index in [1.165, 1.54) is 6.42 Å². The lowest BCUT2D eigenvalue weighted by atomic mass is 10.1. The Morgan fingerprint density at radius 3 is 2.22 bits per heavy atom. The van der Waals surface area contributed by atoms with E-state index in [4.69, 9.17) is 0 Å². The van der Waals surface area contributed by atoms with E-state index in [2.05, 4.69) is 6.92 Å². The predicted octanol–water partition coefficient (Wildman–Crippen LogP) is 1.79. The number of carbonyl (C=O) groups is 2. The number of hydrogen-bond acceptors (Lipinski definition) is 2. The van der Waals surface area contributed by atoms with Crippen molar-refractivity contribution in [3.63, 3.8) is 0 Å². The van der Waals surface area contributed by atoms with E-state index in [9.17, 15) is 9.59 Å². The summed E-state index contributed by atoms with van der Waals surface area (Å²) in [7, 11) is 0. The van der Waals surface area contributed by atoms with Gasteiger partial charge >= 0.3 is 0 Å². The van der Waals surface area contributed by atoms with Crippen molar-refractivity contribution in [1.82, 2.24) is 9.80 Å². The minimum Gasteiger partial charge on any atom is -0.343 e. The number of amides is 2. The molecular weight excluding hydrogens is 228 g/mol. The lowest BCUT2D eigenvalue weighted by Gasteiger charge is -2.27. The fourth-order valence-electron chi connectivity index (χ4n) is 2.96. The van der Waals surface area contributed by atoms with Gasteiger partial charge in [0.05, 0.1) is 0 Å². The first kappa shape index (κ1) is 13.4. The number of nitrogens with zero attached hydrogens (tertiary/aromatic N) is 2. The fourth-order valence-corrected chi connectivity index (χ4v) is 2.96. The van der Waals surface area contributed by atoms with Crippen LogP contribution < -0.4 is 0 Å². The number of likely N-dealkylation sites (tertiary alicyclic amines) is 2. The molecule has 0 aromatic rings. The summed E-state index contributed by atoms with van der Waals surface area (Å²) in [5.74, 6) is 0.320. The molecule has 1 unspecified atom stereocenters. The van der Waals surface area contributed by atoms with Crippen LogP contribution in [0.25, 0.3) is 0 Å². The molecule has 102 valence electrons. The van der Waals surface area contributed by atoms with Gasteiger partial charge in [-0.25, -0.2) is 0 Å². The van der Waals surface area contributed by atoms with E-state index in [1.807, 2.05) is 9.80 Å². The van der Waals surface area contributed by atoms with Gasteiger partial charge in [0.15, 0.2) is 0 Å². The first-order valence-electron chi connectivity index (χ1n) is 7.26. The quantitative estimate of drug-likeness (QED) is 0.768. The maximum atomic E-state index is 12.0. The smallest absolute Gasteiger partial charge is 0.223 e. The zero-order valence-corrected chi connectivity index (χ0v) is 11.4. The molecule has 0 N–H and O–H groups in total. The highest BCUT2D eigenvalue weighted by molar-refractivity contribution is 5.84. The molecule has 4 heteroatoms. The van der Waals surface area contributed by atoms with Gasteiger partial charge in [-0.15, -0.1) is 0 Å².